The summed E-state index contributed by atoms with van der Waals surface area (Å²) in [6.07, 6.45) is 36.4. The molecule has 0 aliphatic carbocycles. The van der Waals surface area contributed by atoms with Gasteiger partial charge in [0.15, 0.2) is 6.29 Å². The van der Waals surface area contributed by atoms with Gasteiger partial charge in [-0.15, -0.1) is 0 Å². The van der Waals surface area contributed by atoms with Crippen molar-refractivity contribution >= 4 is 16.3 Å². The van der Waals surface area contributed by atoms with Crippen LogP contribution in [0.4, 0.5) is 0 Å². The average Bonchev–Trinajstić information content (AvgIpc) is 3.23. The molecule has 0 spiro atoms. The Bertz CT molecular complexity index is 1190. The third-order valence-corrected chi connectivity index (χ3v) is 12.2. The van der Waals surface area contributed by atoms with Crippen LogP contribution in [0.15, 0.2) is 24.3 Å². The van der Waals surface area contributed by atoms with Crippen LogP contribution in [0.1, 0.15) is 219 Å². The Morgan fingerprint density at radius 1 is 0.639 bits per heavy atom. The van der Waals surface area contributed by atoms with Crippen LogP contribution >= 0.6 is 0 Å². The number of hydrogen-bond donors (Lipinski definition) is 6. The Labute approximate surface area is 372 Å². The second-order valence-electron chi connectivity index (χ2n) is 17.4. The number of rotatable bonds is 42. The lowest BCUT2D eigenvalue weighted by molar-refractivity contribution is -0.298. The van der Waals surface area contributed by atoms with Gasteiger partial charge in [0.2, 0.25) is 5.91 Å². The van der Waals surface area contributed by atoms with Gasteiger partial charge in [0.1, 0.15) is 24.4 Å². The van der Waals surface area contributed by atoms with Crippen LogP contribution in [-0.2, 0) is 28.9 Å². The Kier molecular flexibility index (Phi) is 36.8. The van der Waals surface area contributed by atoms with Gasteiger partial charge in [0.05, 0.1) is 25.4 Å². The molecule has 1 heterocycles. The Balaban J connectivity index is 2.49. The van der Waals surface area contributed by atoms with Crippen LogP contribution in [0.5, 0.6) is 0 Å². The van der Waals surface area contributed by atoms with E-state index in [1.54, 1.807) is 6.08 Å². The minimum Gasteiger partial charge on any atom is -0.394 e. The predicted molar refractivity (Wildman–Crippen MR) is 245 cm³/mol. The number of allylic oxidation sites excluding steroid dienone is 3. The van der Waals surface area contributed by atoms with Crippen LogP contribution in [-0.4, -0.2) is 95.4 Å². The van der Waals surface area contributed by atoms with Gasteiger partial charge in [-0.2, -0.15) is 8.42 Å². The molecule has 1 aliphatic heterocycles. The van der Waals surface area contributed by atoms with Crippen molar-refractivity contribution in [3.8, 4) is 0 Å². The van der Waals surface area contributed by atoms with Crippen LogP contribution in [0.3, 0.4) is 0 Å². The molecule has 0 saturated carbocycles. The molecule has 6 N–H and O–H groups in total. The summed E-state index contributed by atoms with van der Waals surface area (Å²) in [5.41, 5.74) is 0. The molecule has 1 saturated heterocycles. The molecule has 0 aromatic heterocycles. The number of ether oxygens (including phenoxy) is 2. The van der Waals surface area contributed by atoms with Gasteiger partial charge in [0.25, 0.3) is 0 Å². The van der Waals surface area contributed by atoms with Crippen molar-refractivity contribution in [3.05, 3.63) is 24.3 Å². The molecule has 0 aromatic carbocycles. The minimum absolute atomic E-state index is 0.265. The van der Waals surface area contributed by atoms with E-state index in [1.807, 2.05) is 6.08 Å². The third kappa shape index (κ3) is 32.0. The summed E-state index contributed by atoms with van der Waals surface area (Å²) in [5.74, 6) is -0.266. The summed E-state index contributed by atoms with van der Waals surface area (Å²) in [6.45, 7) is 3.39. The molecule has 0 aromatic rings. The van der Waals surface area contributed by atoms with Gasteiger partial charge < -0.3 is 35.2 Å². The highest BCUT2D eigenvalue weighted by Crippen LogP contribution is 2.26. The molecule has 0 radical (unpaired) electrons. The van der Waals surface area contributed by atoms with Crippen molar-refractivity contribution in [1.29, 1.82) is 0 Å². The summed E-state index contributed by atoms with van der Waals surface area (Å²) in [5, 5.41) is 44.8. The van der Waals surface area contributed by atoms with Crippen LogP contribution in [0, 0.1) is 0 Å². The van der Waals surface area contributed by atoms with E-state index >= 15 is 0 Å². The number of aliphatic hydroxyl groups is 4. The number of unbranched alkanes of at least 4 members (excludes halogenated alkanes) is 28. The van der Waals surface area contributed by atoms with E-state index < -0.39 is 59.9 Å². The molecule has 7 unspecified atom stereocenters. The van der Waals surface area contributed by atoms with Crippen molar-refractivity contribution in [1.82, 2.24) is 5.32 Å². The summed E-state index contributed by atoms with van der Waals surface area (Å²) < 4.78 is 47.6. The molecule has 1 rings (SSSR count). The topological polar surface area (TPSA) is 192 Å². The van der Waals surface area contributed by atoms with Gasteiger partial charge in [-0.05, 0) is 44.9 Å². The number of nitrogens with one attached hydrogen (secondary N) is 1. The first kappa shape index (κ1) is 57.6. The van der Waals surface area contributed by atoms with E-state index in [-0.39, 0.29) is 18.9 Å². The minimum atomic E-state index is -5.08. The van der Waals surface area contributed by atoms with E-state index in [4.69, 9.17) is 9.47 Å². The maximum Gasteiger partial charge on any atom is 0.397 e. The fourth-order valence-electron chi connectivity index (χ4n) is 7.86. The molecule has 13 heteroatoms. The lowest BCUT2D eigenvalue weighted by atomic mass is 9.99. The van der Waals surface area contributed by atoms with Gasteiger partial charge in [-0.25, -0.2) is 4.18 Å². The fourth-order valence-corrected chi connectivity index (χ4v) is 8.37. The fraction of sp³-hybridized carbons (Fsp3) is 0.896. The molecule has 1 aliphatic rings. The number of carbonyl (C=O) groups excluding carboxylic acids is 1. The number of amides is 1. The van der Waals surface area contributed by atoms with E-state index in [9.17, 15) is 38.2 Å². The maximum atomic E-state index is 13.0. The van der Waals surface area contributed by atoms with E-state index in [2.05, 4.69) is 35.5 Å². The van der Waals surface area contributed by atoms with Gasteiger partial charge in [-0.3, -0.25) is 9.35 Å². The lowest BCUT2D eigenvalue weighted by Gasteiger charge is -2.41. The van der Waals surface area contributed by atoms with E-state index in [0.717, 1.165) is 44.9 Å². The maximum absolute atomic E-state index is 13.0. The first-order valence-electron chi connectivity index (χ1n) is 24.7. The molecular weight excluding hydrogens is 799 g/mol. The van der Waals surface area contributed by atoms with Crippen LogP contribution in [0.2, 0.25) is 0 Å². The van der Waals surface area contributed by atoms with Crippen LogP contribution < -0.4 is 5.32 Å². The second-order valence-corrected chi connectivity index (χ2v) is 18.4. The summed E-state index contributed by atoms with van der Waals surface area (Å²) in [4.78, 5) is 13.0. The quantitative estimate of drug-likeness (QED) is 0.0194. The average molecular weight is 890 g/mol. The second kappa shape index (κ2) is 39.0. The lowest BCUT2D eigenvalue weighted by Crippen LogP contribution is -2.61. The zero-order chi connectivity index (χ0) is 44.8. The zero-order valence-corrected chi connectivity index (χ0v) is 39.3. The van der Waals surface area contributed by atoms with Gasteiger partial charge >= 0.3 is 10.4 Å². The molecule has 0 bridgehead atoms. The number of aliphatic hydroxyl groups excluding tert-OH is 4. The summed E-state index contributed by atoms with van der Waals surface area (Å²) in [6, 6.07) is -0.944. The standard InChI is InChI=1S/C48H91NO11S/c1-3-5-7-9-11-13-15-17-19-21-23-25-27-29-31-33-35-37-42(51)41(40-58-48-46(54)47(60-61(55,56)57)45(53)43(39-50)59-48)49-44(52)38-36-34-32-30-28-26-24-22-20-18-16-14-12-10-8-6-4-2/h18,20,35,37,41-43,45-48,50-51,53-54H,3-17,19,21-34,36,38-40H2,1-2H3,(H,49,52)(H,55,56,57)/b20-18-,37-35+. The molecule has 7 atom stereocenters. The van der Waals surface area contributed by atoms with Crippen molar-refractivity contribution in [2.75, 3.05) is 13.2 Å². The Morgan fingerprint density at radius 3 is 1.48 bits per heavy atom. The number of carbonyl (C=O) groups is 1. The zero-order valence-electron chi connectivity index (χ0n) is 38.5. The van der Waals surface area contributed by atoms with E-state index in [1.165, 1.54) is 148 Å². The molecule has 360 valence electrons. The molecule has 1 amide bonds. The van der Waals surface area contributed by atoms with Crippen molar-refractivity contribution in [3.63, 3.8) is 0 Å². The largest absolute Gasteiger partial charge is 0.397 e. The predicted octanol–water partition coefficient (Wildman–Crippen LogP) is 10.1. The van der Waals surface area contributed by atoms with Crippen molar-refractivity contribution < 1.29 is 51.8 Å². The molecule has 61 heavy (non-hydrogen) atoms. The smallest absolute Gasteiger partial charge is 0.394 e. The molecule has 1 fully saturated rings. The SMILES string of the molecule is CCCCCCCC/C=C\CCCCCCCCCC(=O)NC(COC1OC(CO)C(O)C(OS(=O)(=O)O)C1O)C(O)/C=C/CCCCCCCCCCCCCCCCC. The van der Waals surface area contributed by atoms with Crippen LogP contribution in [0.25, 0.3) is 0 Å². The van der Waals surface area contributed by atoms with Gasteiger partial charge in [0, 0.05) is 6.42 Å². The highest BCUT2D eigenvalue weighted by Gasteiger charge is 2.48. The van der Waals surface area contributed by atoms with Crippen molar-refractivity contribution in [2.45, 2.75) is 262 Å². The highest BCUT2D eigenvalue weighted by atomic mass is 32.3. The van der Waals surface area contributed by atoms with Gasteiger partial charge in [-0.1, -0.05) is 192 Å². The summed E-state index contributed by atoms with van der Waals surface area (Å²) >= 11 is 0. The normalized spacial score (nSPS) is 20.8. The number of hydrogen-bond acceptors (Lipinski definition) is 10. The first-order valence-corrected chi connectivity index (χ1v) is 26.1. The Morgan fingerprint density at radius 2 is 1.05 bits per heavy atom. The van der Waals surface area contributed by atoms with E-state index in [0.29, 0.717) is 6.42 Å². The van der Waals surface area contributed by atoms with Crippen molar-refractivity contribution in [2.24, 2.45) is 0 Å². The molecule has 12 nitrogen and oxygen atoms in total. The highest BCUT2D eigenvalue weighted by molar-refractivity contribution is 7.80. The Hall–Kier alpha value is -1.42. The third-order valence-electron chi connectivity index (χ3n) is 11.7. The first-order chi connectivity index (χ1) is 29.5. The summed E-state index contributed by atoms with van der Waals surface area (Å²) in [7, 11) is -5.08. The monoisotopic (exact) mass is 890 g/mol. The molecular formula is C48H91NO11S.